The Kier molecular flexibility index (Phi) is 3.81. The van der Waals surface area contributed by atoms with Crippen LogP contribution in [0.4, 0.5) is 10.1 Å². The second kappa shape index (κ2) is 5.35. The number of benzene rings is 1. The fraction of sp³-hybridized carbons (Fsp3) is 0.462. The summed E-state index contributed by atoms with van der Waals surface area (Å²) in [6.07, 6.45) is 3.71. The summed E-state index contributed by atoms with van der Waals surface area (Å²) in [5.74, 6) is -0.918. The van der Waals surface area contributed by atoms with Crippen molar-refractivity contribution in [2.45, 2.75) is 37.8 Å². The molecule has 0 unspecified atom stereocenters. The Bertz CT molecular complexity index is 442. The lowest BCUT2D eigenvalue weighted by molar-refractivity contribution is 0.100. The molecule has 1 aliphatic rings. The molecule has 1 aromatic carbocycles. The minimum atomic E-state index is -0.552. The maximum absolute atomic E-state index is 13.6. The summed E-state index contributed by atoms with van der Waals surface area (Å²) < 4.78 is 13.6. The zero-order valence-electron chi connectivity index (χ0n) is 10.2. The number of carbonyl (C=O) groups is 1. The van der Waals surface area contributed by atoms with Crippen LogP contribution in [0.3, 0.4) is 0 Å². The topological polar surface area (TPSA) is 81.1 Å². The van der Waals surface area contributed by atoms with Gasteiger partial charge in [-0.3, -0.25) is 4.79 Å². The lowest BCUT2D eigenvalue weighted by Crippen LogP contribution is -2.33. The van der Waals surface area contributed by atoms with Crippen LogP contribution < -0.4 is 16.8 Å². The smallest absolute Gasteiger partial charge is 0.248 e. The van der Waals surface area contributed by atoms with E-state index in [1.807, 2.05) is 0 Å². The third-order valence-corrected chi connectivity index (χ3v) is 3.38. The Hall–Kier alpha value is -1.62. The fourth-order valence-corrected chi connectivity index (χ4v) is 2.27. The summed E-state index contributed by atoms with van der Waals surface area (Å²) in [5, 5.41) is 3.13. The van der Waals surface area contributed by atoms with Crippen LogP contribution in [0.5, 0.6) is 0 Å². The number of amides is 1. The monoisotopic (exact) mass is 251 g/mol. The highest BCUT2D eigenvalue weighted by Gasteiger charge is 2.19. The first-order valence-corrected chi connectivity index (χ1v) is 6.17. The van der Waals surface area contributed by atoms with Crippen LogP contribution in [0.15, 0.2) is 18.2 Å². The summed E-state index contributed by atoms with van der Waals surface area (Å²) in [6, 6.07) is 4.58. The van der Waals surface area contributed by atoms with Gasteiger partial charge in [-0.25, -0.2) is 4.39 Å². The summed E-state index contributed by atoms with van der Waals surface area (Å²) in [4.78, 5) is 11.1. The van der Waals surface area contributed by atoms with Gasteiger partial charge < -0.3 is 16.8 Å². The number of rotatable bonds is 3. The van der Waals surface area contributed by atoms with Crippen LogP contribution in [0, 0.1) is 5.82 Å². The zero-order valence-corrected chi connectivity index (χ0v) is 10.2. The number of anilines is 1. The Morgan fingerprint density at radius 3 is 2.56 bits per heavy atom. The van der Waals surface area contributed by atoms with Gasteiger partial charge in [-0.05, 0) is 43.9 Å². The summed E-state index contributed by atoms with van der Waals surface area (Å²) in [5.41, 5.74) is 11.7. The molecule has 2 rings (SSSR count). The van der Waals surface area contributed by atoms with Gasteiger partial charge in [-0.2, -0.15) is 0 Å². The first kappa shape index (κ1) is 12.8. The average molecular weight is 251 g/mol. The molecule has 1 fully saturated rings. The summed E-state index contributed by atoms with van der Waals surface area (Å²) in [6.45, 7) is 0. The minimum Gasteiger partial charge on any atom is -0.380 e. The van der Waals surface area contributed by atoms with Crippen molar-refractivity contribution in [3.63, 3.8) is 0 Å². The van der Waals surface area contributed by atoms with E-state index in [0.717, 1.165) is 25.7 Å². The van der Waals surface area contributed by atoms with E-state index in [1.54, 1.807) is 0 Å². The highest BCUT2D eigenvalue weighted by molar-refractivity contribution is 5.93. The molecule has 0 heterocycles. The Balaban J connectivity index is 2.08. The number of carbonyl (C=O) groups excluding carboxylic acids is 1. The highest BCUT2D eigenvalue weighted by atomic mass is 19.1. The molecule has 0 bridgehead atoms. The van der Waals surface area contributed by atoms with E-state index in [0.29, 0.717) is 11.3 Å². The highest BCUT2D eigenvalue weighted by Crippen LogP contribution is 2.23. The molecule has 0 aromatic heterocycles. The van der Waals surface area contributed by atoms with Gasteiger partial charge in [0.2, 0.25) is 5.91 Å². The van der Waals surface area contributed by atoms with Crippen LogP contribution in [0.2, 0.25) is 0 Å². The SMILES string of the molecule is NC(=O)c1ccc(F)c(NC2CCC(N)CC2)c1. The standard InChI is InChI=1S/C13H18FN3O/c14-11-6-1-8(13(16)18)7-12(11)17-10-4-2-9(15)3-5-10/h1,6-7,9-10,17H,2-5,15H2,(H2,16,18). The van der Waals surface area contributed by atoms with Gasteiger partial charge in [0, 0.05) is 17.6 Å². The second-order valence-electron chi connectivity index (χ2n) is 4.81. The maximum Gasteiger partial charge on any atom is 0.248 e. The minimum absolute atomic E-state index is 0.211. The molecule has 0 atom stereocenters. The van der Waals surface area contributed by atoms with E-state index in [-0.39, 0.29) is 17.9 Å². The summed E-state index contributed by atoms with van der Waals surface area (Å²) in [7, 11) is 0. The Morgan fingerprint density at radius 2 is 1.94 bits per heavy atom. The molecule has 0 aliphatic heterocycles. The van der Waals surface area contributed by atoms with Gasteiger partial charge in [0.1, 0.15) is 5.82 Å². The van der Waals surface area contributed by atoms with E-state index >= 15 is 0 Å². The van der Waals surface area contributed by atoms with Crippen LogP contribution in [-0.2, 0) is 0 Å². The third kappa shape index (κ3) is 2.98. The van der Waals surface area contributed by atoms with Crippen molar-refractivity contribution in [2.24, 2.45) is 11.5 Å². The molecule has 1 aliphatic carbocycles. The van der Waals surface area contributed by atoms with Crippen molar-refractivity contribution in [1.82, 2.24) is 0 Å². The van der Waals surface area contributed by atoms with Gasteiger partial charge in [0.05, 0.1) is 5.69 Å². The van der Waals surface area contributed by atoms with Crippen LogP contribution in [0.25, 0.3) is 0 Å². The fourth-order valence-electron chi connectivity index (χ4n) is 2.27. The number of nitrogens with one attached hydrogen (secondary N) is 1. The lowest BCUT2D eigenvalue weighted by Gasteiger charge is -2.27. The molecular weight excluding hydrogens is 233 g/mol. The summed E-state index contributed by atoms with van der Waals surface area (Å²) >= 11 is 0. The van der Waals surface area contributed by atoms with Gasteiger partial charge in [0.15, 0.2) is 0 Å². The molecule has 0 saturated heterocycles. The van der Waals surface area contributed by atoms with E-state index < -0.39 is 5.91 Å². The van der Waals surface area contributed by atoms with Gasteiger partial charge >= 0.3 is 0 Å². The van der Waals surface area contributed by atoms with Crippen molar-refractivity contribution in [3.05, 3.63) is 29.6 Å². The molecule has 5 heteroatoms. The van der Waals surface area contributed by atoms with Crippen molar-refractivity contribution in [2.75, 3.05) is 5.32 Å². The maximum atomic E-state index is 13.6. The lowest BCUT2D eigenvalue weighted by atomic mass is 9.91. The van der Waals surface area contributed by atoms with E-state index in [2.05, 4.69) is 5.32 Å². The quantitative estimate of drug-likeness (QED) is 0.763. The van der Waals surface area contributed by atoms with Gasteiger partial charge in [0.25, 0.3) is 0 Å². The van der Waals surface area contributed by atoms with Crippen molar-refractivity contribution < 1.29 is 9.18 Å². The first-order chi connectivity index (χ1) is 8.56. The number of hydrogen-bond donors (Lipinski definition) is 3. The largest absolute Gasteiger partial charge is 0.380 e. The molecule has 1 aromatic rings. The predicted octanol–water partition coefficient (Wildman–Crippen LogP) is 1.61. The van der Waals surface area contributed by atoms with Crippen molar-refractivity contribution >= 4 is 11.6 Å². The number of primary amides is 1. The van der Waals surface area contributed by atoms with E-state index in [1.165, 1.54) is 18.2 Å². The van der Waals surface area contributed by atoms with Crippen LogP contribution in [-0.4, -0.2) is 18.0 Å². The number of hydrogen-bond acceptors (Lipinski definition) is 3. The Labute approximate surface area is 106 Å². The van der Waals surface area contributed by atoms with Gasteiger partial charge in [-0.1, -0.05) is 0 Å². The van der Waals surface area contributed by atoms with Gasteiger partial charge in [-0.15, -0.1) is 0 Å². The molecule has 98 valence electrons. The molecule has 1 saturated carbocycles. The average Bonchev–Trinajstić information content (AvgIpc) is 2.34. The molecule has 0 spiro atoms. The van der Waals surface area contributed by atoms with Crippen molar-refractivity contribution in [1.29, 1.82) is 0 Å². The first-order valence-electron chi connectivity index (χ1n) is 6.17. The number of halogens is 1. The molecular formula is C13H18FN3O. The molecule has 5 N–H and O–H groups in total. The molecule has 1 amide bonds. The van der Waals surface area contributed by atoms with E-state index in [4.69, 9.17) is 11.5 Å². The molecule has 4 nitrogen and oxygen atoms in total. The van der Waals surface area contributed by atoms with Crippen LogP contribution in [0.1, 0.15) is 36.0 Å². The Morgan fingerprint density at radius 1 is 1.28 bits per heavy atom. The number of nitrogens with two attached hydrogens (primary N) is 2. The van der Waals surface area contributed by atoms with E-state index in [9.17, 15) is 9.18 Å². The predicted molar refractivity (Wildman–Crippen MR) is 68.8 cm³/mol. The van der Waals surface area contributed by atoms with Crippen LogP contribution >= 0.6 is 0 Å². The third-order valence-electron chi connectivity index (χ3n) is 3.38. The van der Waals surface area contributed by atoms with Crippen molar-refractivity contribution in [3.8, 4) is 0 Å². The second-order valence-corrected chi connectivity index (χ2v) is 4.81. The molecule has 18 heavy (non-hydrogen) atoms. The molecule has 0 radical (unpaired) electrons. The zero-order chi connectivity index (χ0) is 13.1. The normalized spacial score (nSPS) is 23.7.